The molecule has 0 aliphatic rings. The fourth-order valence-corrected chi connectivity index (χ4v) is 10.7. The Labute approximate surface area is 464 Å². The third-order valence-electron chi connectivity index (χ3n) is 15.8. The first-order valence-corrected chi connectivity index (χ1v) is 33.9. The summed E-state index contributed by atoms with van der Waals surface area (Å²) in [4.78, 5) is 12.5. The van der Waals surface area contributed by atoms with Crippen LogP contribution in [0.3, 0.4) is 0 Å². The van der Waals surface area contributed by atoms with Crippen molar-refractivity contribution in [1.29, 1.82) is 0 Å². The van der Waals surface area contributed by atoms with Gasteiger partial charge < -0.3 is 15.5 Å². The molecule has 0 bridgehead atoms. The lowest BCUT2D eigenvalue weighted by Gasteiger charge is -2.20. The molecular weight excluding hydrogens is 903 g/mol. The quantitative estimate of drug-likeness (QED) is 0.0420. The van der Waals surface area contributed by atoms with Crippen LogP contribution < -0.4 is 5.32 Å². The molecule has 2 unspecified atom stereocenters. The lowest BCUT2D eigenvalue weighted by atomic mass is 10.0. The highest BCUT2D eigenvalue weighted by molar-refractivity contribution is 5.76. The maximum Gasteiger partial charge on any atom is 0.220 e. The predicted molar refractivity (Wildman–Crippen MR) is 331 cm³/mol. The number of hydrogen-bond acceptors (Lipinski definition) is 3. The van der Waals surface area contributed by atoms with Crippen molar-refractivity contribution in [1.82, 2.24) is 5.32 Å². The van der Waals surface area contributed by atoms with Crippen molar-refractivity contribution >= 4 is 5.91 Å². The van der Waals surface area contributed by atoms with Gasteiger partial charge in [0.2, 0.25) is 5.91 Å². The van der Waals surface area contributed by atoms with E-state index in [2.05, 4.69) is 55.6 Å². The summed E-state index contributed by atoms with van der Waals surface area (Å²) < 4.78 is 0. The third kappa shape index (κ3) is 61.2. The van der Waals surface area contributed by atoms with E-state index >= 15 is 0 Å². The number of rotatable bonds is 63. The lowest BCUT2D eigenvalue weighted by Crippen LogP contribution is -2.45. The molecule has 0 heterocycles. The second-order valence-corrected chi connectivity index (χ2v) is 23.2. The van der Waals surface area contributed by atoms with Gasteiger partial charge >= 0.3 is 0 Å². The number of allylic oxidation sites excluding steroid dienone is 7. The summed E-state index contributed by atoms with van der Waals surface area (Å²) in [6.45, 7) is 4.34. The highest BCUT2D eigenvalue weighted by Crippen LogP contribution is 2.19. The van der Waals surface area contributed by atoms with Crippen molar-refractivity contribution in [3.63, 3.8) is 0 Å². The molecule has 0 aliphatic carbocycles. The van der Waals surface area contributed by atoms with E-state index in [1.165, 1.54) is 315 Å². The van der Waals surface area contributed by atoms with E-state index in [1.54, 1.807) is 6.08 Å². The molecule has 0 fully saturated rings. The Morgan fingerprint density at radius 3 is 0.824 bits per heavy atom. The first kappa shape index (κ1) is 72.3. The number of nitrogens with one attached hydrogen (secondary N) is 1. The van der Waals surface area contributed by atoms with Crippen molar-refractivity contribution in [2.24, 2.45) is 0 Å². The molecule has 0 radical (unpaired) electrons. The van der Waals surface area contributed by atoms with Crippen LogP contribution >= 0.6 is 0 Å². The molecule has 0 saturated carbocycles. The number of carbonyl (C=O) groups excluding carboxylic acids is 1. The van der Waals surface area contributed by atoms with E-state index in [0.29, 0.717) is 6.42 Å². The van der Waals surface area contributed by atoms with Crippen molar-refractivity contribution in [3.8, 4) is 0 Å². The van der Waals surface area contributed by atoms with Gasteiger partial charge in [-0.15, -0.1) is 0 Å². The summed E-state index contributed by atoms with van der Waals surface area (Å²) in [5.41, 5.74) is 0. The van der Waals surface area contributed by atoms with Crippen molar-refractivity contribution in [2.45, 2.75) is 386 Å². The first-order valence-electron chi connectivity index (χ1n) is 33.9. The van der Waals surface area contributed by atoms with Gasteiger partial charge in [-0.05, 0) is 57.8 Å². The molecule has 0 aromatic rings. The van der Waals surface area contributed by atoms with Gasteiger partial charge in [-0.25, -0.2) is 0 Å². The minimum absolute atomic E-state index is 0.0586. The van der Waals surface area contributed by atoms with E-state index in [-0.39, 0.29) is 12.5 Å². The normalized spacial score (nSPS) is 13.0. The van der Waals surface area contributed by atoms with E-state index in [9.17, 15) is 15.0 Å². The molecule has 0 spiro atoms. The topological polar surface area (TPSA) is 69.6 Å². The molecule has 436 valence electrons. The Morgan fingerprint density at radius 2 is 0.554 bits per heavy atom. The number of amides is 1. The molecule has 2 atom stereocenters. The molecule has 0 rings (SSSR count). The summed E-state index contributed by atoms with van der Waals surface area (Å²) in [7, 11) is 0. The zero-order valence-corrected chi connectivity index (χ0v) is 50.4. The summed E-state index contributed by atoms with van der Waals surface area (Å²) in [5, 5.41) is 23.3. The second kappa shape index (κ2) is 65.6. The van der Waals surface area contributed by atoms with Crippen LogP contribution in [0, 0.1) is 0 Å². The van der Waals surface area contributed by atoms with Gasteiger partial charge in [0.25, 0.3) is 0 Å². The maximum atomic E-state index is 12.5. The minimum Gasteiger partial charge on any atom is -0.394 e. The average Bonchev–Trinajstić information content (AvgIpc) is 3.40. The number of hydrogen-bond donors (Lipinski definition) is 3. The highest BCUT2D eigenvalue weighted by Gasteiger charge is 2.18. The molecular formula is C70H133NO3. The standard InChI is InChI=1S/C70H133NO3/c1-3-5-7-9-11-13-15-17-19-21-23-25-27-29-31-33-35-37-39-41-43-45-47-49-51-53-55-57-59-61-63-65-69(73)68(67-72)71-70(74)66-64-62-60-58-56-54-52-50-48-46-44-42-40-38-36-34-32-30-28-26-24-22-20-18-16-14-12-10-8-6-4-2/h16,18,22,24,28,30,63,65,68-69,72-73H,3-15,17,19-21,23,25-27,29,31-62,64,66-67H2,1-2H3,(H,71,74)/b18-16-,24-22-,30-28-,65-63+. The number of unbranched alkanes of at least 4 members (excludes halogenated alkanes) is 50. The zero-order chi connectivity index (χ0) is 53.4. The molecule has 4 heteroatoms. The number of aliphatic hydroxyl groups excluding tert-OH is 2. The monoisotopic (exact) mass is 1040 g/mol. The summed E-state index contributed by atoms with van der Waals surface area (Å²) in [5.74, 6) is -0.0586. The van der Waals surface area contributed by atoms with E-state index in [1.807, 2.05) is 6.08 Å². The van der Waals surface area contributed by atoms with Crippen LogP contribution in [0.15, 0.2) is 48.6 Å². The summed E-state index contributed by atoms with van der Waals surface area (Å²) in [6, 6.07) is -0.624. The van der Waals surface area contributed by atoms with Crippen LogP contribution in [-0.2, 0) is 4.79 Å². The van der Waals surface area contributed by atoms with Crippen molar-refractivity contribution < 1.29 is 15.0 Å². The van der Waals surface area contributed by atoms with Crippen LogP contribution in [0.1, 0.15) is 373 Å². The molecule has 0 aromatic heterocycles. The Balaban J connectivity index is 3.44. The SMILES string of the molecule is CCCCCCC/C=C\C/C=C\C/C=C\CCCCCCCCCCCCCCCCCCC(=O)NC(CO)C(O)/C=C/CCCCCCCCCCCCCCCCCCCCCCCCCCCCCCC. The van der Waals surface area contributed by atoms with E-state index < -0.39 is 12.1 Å². The van der Waals surface area contributed by atoms with Crippen LogP contribution in [0.2, 0.25) is 0 Å². The fraction of sp³-hybridized carbons (Fsp3) is 0.871. The van der Waals surface area contributed by atoms with Gasteiger partial charge in [0.05, 0.1) is 18.8 Å². The number of carbonyl (C=O) groups is 1. The van der Waals surface area contributed by atoms with Crippen LogP contribution in [0.5, 0.6) is 0 Å². The smallest absolute Gasteiger partial charge is 0.220 e. The van der Waals surface area contributed by atoms with Crippen molar-refractivity contribution in [3.05, 3.63) is 48.6 Å². The number of aliphatic hydroxyl groups is 2. The van der Waals surface area contributed by atoms with Crippen LogP contribution in [0.4, 0.5) is 0 Å². The molecule has 0 aromatic carbocycles. The fourth-order valence-electron chi connectivity index (χ4n) is 10.7. The van der Waals surface area contributed by atoms with E-state index in [4.69, 9.17) is 0 Å². The molecule has 0 saturated heterocycles. The predicted octanol–water partition coefficient (Wildman–Crippen LogP) is 22.9. The maximum absolute atomic E-state index is 12.5. The second-order valence-electron chi connectivity index (χ2n) is 23.2. The van der Waals surface area contributed by atoms with Gasteiger partial charge in [-0.2, -0.15) is 0 Å². The first-order chi connectivity index (χ1) is 36.7. The van der Waals surface area contributed by atoms with E-state index in [0.717, 1.165) is 38.5 Å². The Morgan fingerprint density at radius 1 is 0.324 bits per heavy atom. The molecule has 3 N–H and O–H groups in total. The largest absolute Gasteiger partial charge is 0.394 e. The molecule has 1 amide bonds. The van der Waals surface area contributed by atoms with Crippen LogP contribution in [0.25, 0.3) is 0 Å². The third-order valence-corrected chi connectivity index (χ3v) is 15.8. The van der Waals surface area contributed by atoms with Gasteiger partial charge in [0.15, 0.2) is 0 Å². The van der Waals surface area contributed by atoms with Gasteiger partial charge in [-0.1, -0.05) is 358 Å². The van der Waals surface area contributed by atoms with Crippen molar-refractivity contribution in [2.75, 3.05) is 6.61 Å². The summed E-state index contributed by atoms with van der Waals surface area (Å²) in [6.07, 6.45) is 91.9. The Bertz CT molecular complexity index is 1170. The highest BCUT2D eigenvalue weighted by atomic mass is 16.3. The molecule has 74 heavy (non-hydrogen) atoms. The van der Waals surface area contributed by atoms with Gasteiger partial charge in [0.1, 0.15) is 0 Å². The average molecular weight is 1040 g/mol. The lowest BCUT2D eigenvalue weighted by molar-refractivity contribution is -0.123. The van der Waals surface area contributed by atoms with Crippen LogP contribution in [-0.4, -0.2) is 34.9 Å². The Hall–Kier alpha value is -1.65. The van der Waals surface area contributed by atoms with Gasteiger partial charge in [0, 0.05) is 6.42 Å². The Kier molecular flexibility index (Phi) is 64.2. The zero-order valence-electron chi connectivity index (χ0n) is 50.4. The minimum atomic E-state index is -0.841. The molecule has 0 aliphatic heterocycles. The molecule has 4 nitrogen and oxygen atoms in total. The van der Waals surface area contributed by atoms with Gasteiger partial charge in [-0.3, -0.25) is 4.79 Å². The summed E-state index contributed by atoms with van der Waals surface area (Å²) >= 11 is 0.